The maximum absolute atomic E-state index is 13.1. The van der Waals surface area contributed by atoms with E-state index in [2.05, 4.69) is 5.32 Å². The highest BCUT2D eigenvalue weighted by molar-refractivity contribution is 6.31. The Balaban J connectivity index is 1.95. The van der Waals surface area contributed by atoms with Gasteiger partial charge in [-0.25, -0.2) is 4.39 Å². The van der Waals surface area contributed by atoms with Crippen LogP contribution in [0, 0.1) is 5.82 Å². The molecule has 0 radical (unpaired) electrons. The Bertz CT molecular complexity index is 510. The Morgan fingerprint density at radius 2 is 2.33 bits per heavy atom. The highest BCUT2D eigenvalue weighted by atomic mass is 35.5. The zero-order valence-electron chi connectivity index (χ0n) is 12.0. The molecule has 1 aliphatic heterocycles. The zero-order valence-corrected chi connectivity index (χ0v) is 12.7. The molecule has 2 unspecified atom stereocenters. The van der Waals surface area contributed by atoms with Gasteiger partial charge in [-0.2, -0.15) is 0 Å². The monoisotopic (exact) mass is 314 g/mol. The van der Waals surface area contributed by atoms with Crippen molar-refractivity contribution in [3.05, 3.63) is 29.0 Å². The van der Waals surface area contributed by atoms with Crippen molar-refractivity contribution in [3.63, 3.8) is 0 Å². The van der Waals surface area contributed by atoms with Gasteiger partial charge in [0.2, 0.25) is 5.91 Å². The summed E-state index contributed by atoms with van der Waals surface area (Å²) in [6.45, 7) is 2.76. The Morgan fingerprint density at radius 3 is 3.00 bits per heavy atom. The van der Waals surface area contributed by atoms with Crippen LogP contribution in [0.3, 0.4) is 0 Å². The number of rotatable bonds is 4. The van der Waals surface area contributed by atoms with Crippen LogP contribution < -0.4 is 5.32 Å². The summed E-state index contributed by atoms with van der Waals surface area (Å²) in [4.78, 5) is 14.1. The molecule has 21 heavy (non-hydrogen) atoms. The fourth-order valence-electron chi connectivity index (χ4n) is 2.72. The normalized spacial score (nSPS) is 21.0. The minimum Gasteiger partial charge on any atom is -0.392 e. The lowest BCUT2D eigenvalue weighted by Crippen LogP contribution is -2.48. The fourth-order valence-corrected chi connectivity index (χ4v) is 2.90. The molecule has 0 aliphatic carbocycles. The number of benzene rings is 1. The molecule has 6 heteroatoms. The van der Waals surface area contributed by atoms with Gasteiger partial charge < -0.3 is 10.4 Å². The highest BCUT2D eigenvalue weighted by Crippen LogP contribution is 2.21. The van der Waals surface area contributed by atoms with Crippen LogP contribution in [0.2, 0.25) is 5.02 Å². The molecule has 1 amide bonds. The maximum atomic E-state index is 13.1. The minimum atomic E-state index is -0.514. The number of aliphatic hydroxyl groups excluding tert-OH is 1. The smallest absolute Gasteiger partial charge is 0.238 e. The average Bonchev–Trinajstić information content (AvgIpc) is 2.43. The van der Waals surface area contributed by atoms with Gasteiger partial charge in [-0.15, -0.1) is 0 Å². The first-order valence-corrected chi connectivity index (χ1v) is 7.52. The number of hydrogen-bond acceptors (Lipinski definition) is 3. The van der Waals surface area contributed by atoms with Gasteiger partial charge in [0.1, 0.15) is 5.82 Å². The number of amides is 1. The van der Waals surface area contributed by atoms with E-state index in [1.54, 1.807) is 6.92 Å². The van der Waals surface area contributed by atoms with E-state index in [1.807, 2.05) is 4.90 Å². The predicted octanol–water partition coefficient (Wildman–Crippen LogP) is 2.65. The highest BCUT2D eigenvalue weighted by Gasteiger charge is 2.27. The van der Waals surface area contributed by atoms with Crippen LogP contribution in [0.25, 0.3) is 0 Å². The van der Waals surface area contributed by atoms with E-state index in [1.165, 1.54) is 18.2 Å². The van der Waals surface area contributed by atoms with Gasteiger partial charge in [0, 0.05) is 11.7 Å². The van der Waals surface area contributed by atoms with Crippen molar-refractivity contribution in [1.82, 2.24) is 4.90 Å². The molecule has 1 saturated heterocycles. The van der Waals surface area contributed by atoms with Crippen LogP contribution >= 0.6 is 11.6 Å². The number of anilines is 1. The van der Waals surface area contributed by atoms with E-state index in [0.29, 0.717) is 5.69 Å². The molecule has 0 aromatic heterocycles. The molecule has 1 fully saturated rings. The molecule has 2 rings (SSSR count). The van der Waals surface area contributed by atoms with Gasteiger partial charge in [0.15, 0.2) is 0 Å². The van der Waals surface area contributed by atoms with E-state index in [-0.39, 0.29) is 23.5 Å². The number of carbonyl (C=O) groups is 1. The average molecular weight is 315 g/mol. The zero-order chi connectivity index (χ0) is 15.4. The Morgan fingerprint density at radius 1 is 1.57 bits per heavy atom. The van der Waals surface area contributed by atoms with E-state index < -0.39 is 11.9 Å². The van der Waals surface area contributed by atoms with Crippen LogP contribution in [0.15, 0.2) is 18.2 Å². The Hall–Kier alpha value is -1.17. The van der Waals surface area contributed by atoms with Gasteiger partial charge in [0.05, 0.1) is 17.7 Å². The quantitative estimate of drug-likeness (QED) is 0.898. The summed E-state index contributed by atoms with van der Waals surface area (Å²) in [7, 11) is 0. The third-order valence-electron chi connectivity index (χ3n) is 3.77. The minimum absolute atomic E-state index is 0.0151. The molecule has 0 saturated carbocycles. The van der Waals surface area contributed by atoms with Crippen LogP contribution in [0.5, 0.6) is 0 Å². The molecule has 1 aromatic rings. The third kappa shape index (κ3) is 4.40. The van der Waals surface area contributed by atoms with Crippen LogP contribution in [0.4, 0.5) is 10.1 Å². The summed E-state index contributed by atoms with van der Waals surface area (Å²) in [5, 5.41) is 12.5. The van der Waals surface area contributed by atoms with Gasteiger partial charge in [0.25, 0.3) is 0 Å². The molecule has 1 heterocycles. The first-order chi connectivity index (χ1) is 9.97. The second-order valence-corrected chi connectivity index (χ2v) is 5.86. The molecule has 116 valence electrons. The first kappa shape index (κ1) is 16.2. The first-order valence-electron chi connectivity index (χ1n) is 7.14. The number of hydrogen-bond donors (Lipinski definition) is 2. The molecule has 1 aromatic carbocycles. The van der Waals surface area contributed by atoms with Crippen molar-refractivity contribution in [1.29, 1.82) is 0 Å². The molecule has 4 nitrogen and oxygen atoms in total. The number of nitrogens with one attached hydrogen (secondary N) is 1. The molecule has 0 spiro atoms. The number of likely N-dealkylation sites (tertiary alicyclic amines) is 1. The van der Waals surface area contributed by atoms with Crippen molar-refractivity contribution in [3.8, 4) is 0 Å². The summed E-state index contributed by atoms with van der Waals surface area (Å²) < 4.78 is 13.1. The largest absolute Gasteiger partial charge is 0.392 e. The lowest BCUT2D eigenvalue weighted by molar-refractivity contribution is -0.118. The molecular formula is C15H20ClFN2O2. The second-order valence-electron chi connectivity index (χ2n) is 5.45. The number of nitrogens with zero attached hydrogens (tertiary/aromatic N) is 1. The summed E-state index contributed by atoms with van der Waals surface area (Å²) in [5.41, 5.74) is 0.469. The molecule has 2 atom stereocenters. The van der Waals surface area contributed by atoms with Crippen molar-refractivity contribution in [2.24, 2.45) is 0 Å². The van der Waals surface area contributed by atoms with E-state index in [4.69, 9.17) is 11.6 Å². The lowest BCUT2D eigenvalue weighted by atomic mass is 9.98. The molecular weight excluding hydrogens is 295 g/mol. The van der Waals surface area contributed by atoms with Crippen molar-refractivity contribution >= 4 is 23.2 Å². The van der Waals surface area contributed by atoms with Gasteiger partial charge in [-0.05, 0) is 44.5 Å². The van der Waals surface area contributed by atoms with E-state index in [0.717, 1.165) is 25.8 Å². The van der Waals surface area contributed by atoms with Crippen LogP contribution in [-0.4, -0.2) is 41.1 Å². The topological polar surface area (TPSA) is 52.6 Å². The summed E-state index contributed by atoms with van der Waals surface area (Å²) in [6, 6.07) is 4.09. The number of piperidine rings is 1. The van der Waals surface area contributed by atoms with Gasteiger partial charge >= 0.3 is 0 Å². The Labute approximate surface area is 128 Å². The number of carbonyl (C=O) groups excluding carboxylic acids is 1. The standard InChI is InChI=1S/C15H20ClFN2O2/c1-10(20)14-4-2-3-7-19(14)9-15(21)18-11-5-6-13(17)12(16)8-11/h5-6,8,10,14,20H,2-4,7,9H2,1H3,(H,18,21). The Kier molecular flexibility index (Phi) is 5.56. The van der Waals surface area contributed by atoms with Crippen molar-refractivity contribution < 1.29 is 14.3 Å². The van der Waals surface area contributed by atoms with Gasteiger partial charge in [-0.1, -0.05) is 18.0 Å². The van der Waals surface area contributed by atoms with Crippen molar-refractivity contribution in [2.75, 3.05) is 18.4 Å². The van der Waals surface area contributed by atoms with E-state index in [9.17, 15) is 14.3 Å². The summed E-state index contributed by atoms with van der Waals surface area (Å²) in [5.74, 6) is -0.704. The predicted molar refractivity (Wildman–Crippen MR) is 80.9 cm³/mol. The fraction of sp³-hybridized carbons (Fsp3) is 0.533. The van der Waals surface area contributed by atoms with Crippen LogP contribution in [-0.2, 0) is 4.79 Å². The van der Waals surface area contributed by atoms with E-state index >= 15 is 0 Å². The summed E-state index contributed by atoms with van der Waals surface area (Å²) >= 11 is 5.68. The summed E-state index contributed by atoms with van der Waals surface area (Å²) in [6.07, 6.45) is 2.53. The SMILES string of the molecule is CC(O)C1CCCCN1CC(=O)Nc1ccc(F)c(Cl)c1. The molecule has 1 aliphatic rings. The van der Waals surface area contributed by atoms with Gasteiger partial charge in [-0.3, -0.25) is 9.69 Å². The lowest BCUT2D eigenvalue weighted by Gasteiger charge is -2.36. The van der Waals surface area contributed by atoms with Crippen LogP contribution in [0.1, 0.15) is 26.2 Å². The molecule has 0 bridgehead atoms. The second kappa shape index (κ2) is 7.20. The third-order valence-corrected chi connectivity index (χ3v) is 4.06. The molecule has 2 N–H and O–H groups in total. The number of halogens is 2. The number of aliphatic hydroxyl groups is 1. The van der Waals surface area contributed by atoms with Crippen molar-refractivity contribution in [2.45, 2.75) is 38.3 Å². The maximum Gasteiger partial charge on any atom is 0.238 e.